The van der Waals surface area contributed by atoms with Gasteiger partial charge >= 0.3 is 5.97 Å². The lowest BCUT2D eigenvalue weighted by Gasteiger charge is -2.04. The van der Waals surface area contributed by atoms with Gasteiger partial charge in [-0.05, 0) is 18.8 Å². The molecule has 1 aliphatic rings. The summed E-state index contributed by atoms with van der Waals surface area (Å²) in [6.07, 6.45) is 6.67. The minimum Gasteiger partial charge on any atom is -0.464 e. The number of hydrogen-bond acceptors (Lipinski definition) is 4. The Labute approximate surface area is 94.6 Å². The van der Waals surface area contributed by atoms with E-state index in [0.29, 0.717) is 5.82 Å². The minimum absolute atomic E-state index is 0.217. The van der Waals surface area contributed by atoms with Crippen LogP contribution in [0.5, 0.6) is 0 Å². The predicted molar refractivity (Wildman–Crippen MR) is 59.9 cm³/mol. The number of hydrogen-bond donors (Lipinski definition) is 1. The van der Waals surface area contributed by atoms with Gasteiger partial charge in [-0.25, -0.2) is 9.78 Å². The number of aromatic nitrogens is 2. The molecular weight excluding hydrogens is 206 g/mol. The van der Waals surface area contributed by atoms with Crippen LogP contribution in [0.3, 0.4) is 0 Å². The van der Waals surface area contributed by atoms with Crippen molar-refractivity contribution in [2.24, 2.45) is 5.92 Å². The van der Waals surface area contributed by atoms with Gasteiger partial charge in [0.2, 0.25) is 0 Å². The fraction of sp³-hybridized carbons (Fsp3) is 0.636. The van der Waals surface area contributed by atoms with Gasteiger partial charge in [0.25, 0.3) is 0 Å². The molecule has 16 heavy (non-hydrogen) atoms. The molecule has 1 aromatic heterocycles. The number of carbonyl (C=O) groups excluding carboxylic acids is 1. The molecule has 1 aliphatic carbocycles. The van der Waals surface area contributed by atoms with Crippen LogP contribution in [0.2, 0.25) is 0 Å². The maximum atomic E-state index is 11.3. The highest BCUT2D eigenvalue weighted by Gasteiger charge is 2.21. The molecule has 1 fully saturated rings. The quantitative estimate of drug-likeness (QED) is 0.767. The second-order valence-electron chi connectivity index (χ2n) is 4.25. The van der Waals surface area contributed by atoms with E-state index in [-0.39, 0.29) is 5.69 Å². The van der Waals surface area contributed by atoms with E-state index in [4.69, 9.17) is 5.73 Å². The number of nitrogen functional groups attached to an aromatic ring is 1. The molecule has 0 bridgehead atoms. The Morgan fingerprint density at radius 3 is 3.06 bits per heavy atom. The summed E-state index contributed by atoms with van der Waals surface area (Å²) < 4.78 is 6.40. The molecule has 5 nitrogen and oxygen atoms in total. The van der Waals surface area contributed by atoms with E-state index in [9.17, 15) is 4.79 Å². The molecule has 2 rings (SSSR count). The zero-order valence-electron chi connectivity index (χ0n) is 9.48. The second-order valence-corrected chi connectivity index (χ2v) is 4.25. The number of anilines is 1. The van der Waals surface area contributed by atoms with Crippen molar-refractivity contribution < 1.29 is 9.53 Å². The van der Waals surface area contributed by atoms with E-state index >= 15 is 0 Å². The van der Waals surface area contributed by atoms with Crippen molar-refractivity contribution >= 4 is 11.8 Å². The highest BCUT2D eigenvalue weighted by molar-refractivity contribution is 5.91. The maximum Gasteiger partial charge on any atom is 0.360 e. The molecule has 0 unspecified atom stereocenters. The first-order valence-corrected chi connectivity index (χ1v) is 5.61. The lowest BCUT2D eigenvalue weighted by molar-refractivity contribution is 0.0596. The molecule has 88 valence electrons. The number of rotatable bonds is 5. The Balaban J connectivity index is 1.93. The standard InChI is InChI=1S/C11H17N3O2/c1-16-11(15)9-10(12)14(7-13-9)6-2-3-8-4-5-8/h7-8H,2-6,12H2,1H3. The Hall–Kier alpha value is -1.52. The molecule has 0 saturated heterocycles. The Morgan fingerprint density at radius 2 is 2.44 bits per heavy atom. The van der Waals surface area contributed by atoms with E-state index < -0.39 is 5.97 Å². The third kappa shape index (κ3) is 2.35. The van der Waals surface area contributed by atoms with Gasteiger partial charge in [0.05, 0.1) is 13.4 Å². The van der Waals surface area contributed by atoms with Crippen molar-refractivity contribution in [2.45, 2.75) is 32.2 Å². The van der Waals surface area contributed by atoms with Crippen LogP contribution in [0.15, 0.2) is 6.33 Å². The number of nitrogens with zero attached hydrogens (tertiary/aromatic N) is 2. The van der Waals surface area contributed by atoms with Crippen LogP contribution in [0, 0.1) is 5.92 Å². The van der Waals surface area contributed by atoms with Crippen LogP contribution >= 0.6 is 0 Å². The average Bonchev–Trinajstić information content (AvgIpc) is 3.03. The van der Waals surface area contributed by atoms with E-state index in [1.54, 1.807) is 6.33 Å². The van der Waals surface area contributed by atoms with Crippen molar-refractivity contribution in [3.05, 3.63) is 12.0 Å². The first-order chi connectivity index (χ1) is 7.72. The number of methoxy groups -OCH3 is 1. The molecule has 1 heterocycles. The summed E-state index contributed by atoms with van der Waals surface area (Å²) in [4.78, 5) is 15.2. The largest absolute Gasteiger partial charge is 0.464 e. The minimum atomic E-state index is -0.474. The Bertz CT molecular complexity index is 383. The number of aryl methyl sites for hydroxylation is 1. The Morgan fingerprint density at radius 1 is 1.69 bits per heavy atom. The molecule has 0 amide bonds. The van der Waals surface area contributed by atoms with Gasteiger partial charge in [-0.2, -0.15) is 0 Å². The molecular formula is C11H17N3O2. The SMILES string of the molecule is COC(=O)c1ncn(CCCC2CC2)c1N. The smallest absolute Gasteiger partial charge is 0.360 e. The zero-order chi connectivity index (χ0) is 11.5. The third-order valence-electron chi connectivity index (χ3n) is 2.97. The summed E-state index contributed by atoms with van der Waals surface area (Å²) >= 11 is 0. The van der Waals surface area contributed by atoms with Crippen molar-refractivity contribution in [1.82, 2.24) is 9.55 Å². The van der Waals surface area contributed by atoms with Gasteiger partial charge in [0.1, 0.15) is 5.82 Å². The normalized spacial score (nSPS) is 15.1. The molecule has 0 aromatic carbocycles. The molecule has 0 spiro atoms. The lowest BCUT2D eigenvalue weighted by atomic mass is 10.2. The van der Waals surface area contributed by atoms with Crippen LogP contribution in [-0.4, -0.2) is 22.6 Å². The number of carbonyl (C=O) groups is 1. The van der Waals surface area contributed by atoms with Crippen LogP contribution in [-0.2, 0) is 11.3 Å². The summed E-state index contributed by atoms with van der Waals surface area (Å²) in [5, 5.41) is 0. The van der Waals surface area contributed by atoms with Crippen molar-refractivity contribution in [3.8, 4) is 0 Å². The monoisotopic (exact) mass is 223 g/mol. The topological polar surface area (TPSA) is 70.1 Å². The van der Waals surface area contributed by atoms with Crippen LogP contribution < -0.4 is 5.73 Å². The highest BCUT2D eigenvalue weighted by Crippen LogP contribution is 2.33. The van der Waals surface area contributed by atoms with Crippen LogP contribution in [0.25, 0.3) is 0 Å². The van der Waals surface area contributed by atoms with Gasteiger partial charge < -0.3 is 15.0 Å². The predicted octanol–water partition coefficient (Wildman–Crippen LogP) is 1.44. The number of ether oxygens (including phenoxy) is 1. The van der Waals surface area contributed by atoms with E-state index in [1.807, 2.05) is 4.57 Å². The summed E-state index contributed by atoms with van der Waals surface area (Å²) in [6, 6.07) is 0. The molecule has 0 radical (unpaired) electrons. The molecule has 1 saturated carbocycles. The van der Waals surface area contributed by atoms with Crippen molar-refractivity contribution in [3.63, 3.8) is 0 Å². The van der Waals surface area contributed by atoms with E-state index in [1.165, 1.54) is 26.4 Å². The third-order valence-corrected chi connectivity index (χ3v) is 2.97. The van der Waals surface area contributed by atoms with E-state index in [2.05, 4.69) is 9.72 Å². The summed E-state index contributed by atoms with van der Waals surface area (Å²) in [6.45, 7) is 0.826. The fourth-order valence-electron chi connectivity index (χ4n) is 1.78. The van der Waals surface area contributed by atoms with Crippen molar-refractivity contribution in [1.29, 1.82) is 0 Å². The van der Waals surface area contributed by atoms with Gasteiger partial charge in [-0.3, -0.25) is 0 Å². The van der Waals surface area contributed by atoms with Gasteiger partial charge in [-0.1, -0.05) is 12.8 Å². The Kier molecular flexibility index (Phi) is 3.12. The number of nitrogens with two attached hydrogens (primary N) is 1. The molecule has 5 heteroatoms. The average molecular weight is 223 g/mol. The van der Waals surface area contributed by atoms with Gasteiger partial charge in [0.15, 0.2) is 5.69 Å². The number of imidazole rings is 1. The van der Waals surface area contributed by atoms with Crippen LogP contribution in [0.4, 0.5) is 5.82 Å². The van der Waals surface area contributed by atoms with Crippen molar-refractivity contribution in [2.75, 3.05) is 12.8 Å². The molecule has 0 atom stereocenters. The zero-order valence-corrected chi connectivity index (χ0v) is 9.48. The molecule has 2 N–H and O–H groups in total. The summed E-state index contributed by atoms with van der Waals surface area (Å²) in [7, 11) is 1.33. The first-order valence-electron chi connectivity index (χ1n) is 5.61. The molecule has 0 aliphatic heterocycles. The van der Waals surface area contributed by atoms with Crippen LogP contribution in [0.1, 0.15) is 36.2 Å². The highest BCUT2D eigenvalue weighted by atomic mass is 16.5. The summed E-state index contributed by atoms with van der Waals surface area (Å²) in [5.41, 5.74) is 6.03. The number of esters is 1. The van der Waals surface area contributed by atoms with E-state index in [0.717, 1.165) is 18.9 Å². The fourth-order valence-corrected chi connectivity index (χ4v) is 1.78. The van der Waals surface area contributed by atoms with Gasteiger partial charge in [0, 0.05) is 6.54 Å². The van der Waals surface area contributed by atoms with Gasteiger partial charge in [-0.15, -0.1) is 0 Å². The first kappa shape index (κ1) is 11.0. The summed E-state index contributed by atoms with van der Waals surface area (Å²) in [5.74, 6) is 0.853. The maximum absolute atomic E-state index is 11.3. The molecule has 1 aromatic rings. The lowest BCUT2D eigenvalue weighted by Crippen LogP contribution is -2.08. The second kappa shape index (κ2) is 4.55.